The average Bonchev–Trinajstić information content (AvgIpc) is 3.70. The van der Waals surface area contributed by atoms with Crippen LogP contribution in [0.5, 0.6) is 0 Å². The Morgan fingerprint density at radius 3 is 2.40 bits per heavy atom. The first kappa shape index (κ1) is 35.1. The maximum absolute atomic E-state index is 12.4. The Balaban J connectivity index is 0.000000294. The molecule has 3 rings (SSSR count). The minimum absolute atomic E-state index is 0.0796. The van der Waals surface area contributed by atoms with E-state index < -0.39 is 0 Å². The van der Waals surface area contributed by atoms with E-state index in [1.54, 1.807) is 44.4 Å². The van der Waals surface area contributed by atoms with Crippen molar-refractivity contribution in [2.24, 2.45) is 5.92 Å². The third kappa shape index (κ3) is 13.7. The van der Waals surface area contributed by atoms with Gasteiger partial charge in [0.25, 0.3) is 5.91 Å². The van der Waals surface area contributed by atoms with Gasteiger partial charge in [0.05, 0.1) is 13.2 Å². The van der Waals surface area contributed by atoms with Crippen molar-refractivity contribution in [2.75, 3.05) is 60.7 Å². The van der Waals surface area contributed by atoms with Crippen molar-refractivity contribution in [2.45, 2.75) is 58.2 Å². The zero-order valence-corrected chi connectivity index (χ0v) is 26.2. The number of carbonyl (C=O) groups excluding carboxylic acids is 2. The molecule has 0 bridgehead atoms. The number of carbonyl (C=O) groups is 2. The molecule has 2 aliphatic rings. The maximum atomic E-state index is 12.4. The number of methoxy groups -OCH3 is 2. The fourth-order valence-electron chi connectivity index (χ4n) is 4.22. The molecule has 9 nitrogen and oxygen atoms in total. The molecule has 1 aliphatic heterocycles. The van der Waals surface area contributed by atoms with Crippen LogP contribution in [0.2, 0.25) is 0 Å². The quantitative estimate of drug-likeness (QED) is 0.127. The Kier molecular flexibility index (Phi) is 16.6. The van der Waals surface area contributed by atoms with E-state index in [1.807, 2.05) is 49.1 Å². The van der Waals surface area contributed by atoms with Crippen LogP contribution in [0.1, 0.15) is 45.1 Å². The molecule has 1 aromatic carbocycles. The first-order valence-electron chi connectivity index (χ1n) is 14.9. The summed E-state index contributed by atoms with van der Waals surface area (Å²) in [6.07, 6.45) is 9.21. The van der Waals surface area contributed by atoms with Crippen molar-refractivity contribution in [3.63, 3.8) is 0 Å². The predicted octanol–water partition coefficient (Wildman–Crippen LogP) is 4.95. The van der Waals surface area contributed by atoms with Gasteiger partial charge in [0, 0.05) is 58.5 Å². The SMILES string of the molecule is C=C(/C=C(\C=C/COC)C(=O)N(C)C(C)C)OCCCOC.O=C(OCc1ccccc1)N(CC1CCNC1)C1CC1. The number of nitrogens with zero attached hydrogens (tertiary/aromatic N) is 2. The summed E-state index contributed by atoms with van der Waals surface area (Å²) in [5, 5.41) is 3.36. The number of ether oxygens (including phenoxy) is 4. The molecule has 1 heterocycles. The number of benzene rings is 1. The van der Waals surface area contributed by atoms with Crippen molar-refractivity contribution in [3.05, 3.63) is 72.0 Å². The molecule has 42 heavy (non-hydrogen) atoms. The molecule has 0 spiro atoms. The second kappa shape index (κ2) is 19.9. The van der Waals surface area contributed by atoms with Crippen molar-refractivity contribution in [1.29, 1.82) is 0 Å². The molecule has 9 heteroatoms. The first-order chi connectivity index (χ1) is 20.3. The standard InChI is InChI=1S/C17H29NO4.C16H22N2O2/c1-14(2)18(4)17(19)16(9-7-10-20-5)13-15(3)22-12-8-11-21-6;19-16(20-12-13-4-2-1-3-5-13)18(15-6-7-15)11-14-8-9-17-10-14/h7,9,13-14H,3,8,10-12H2,1-2,4-6H3;1-5,14-15,17H,6-12H2/b9-7-,16-13+;. The Labute approximate surface area is 252 Å². The molecule has 1 saturated carbocycles. The molecular weight excluding hydrogens is 534 g/mol. The second-order valence-electron chi connectivity index (χ2n) is 10.9. The lowest BCUT2D eigenvalue weighted by atomic mass is 10.1. The van der Waals surface area contributed by atoms with Crippen LogP contribution in [0.3, 0.4) is 0 Å². The zero-order valence-electron chi connectivity index (χ0n) is 26.2. The summed E-state index contributed by atoms with van der Waals surface area (Å²) in [6, 6.07) is 10.4. The van der Waals surface area contributed by atoms with Gasteiger partial charge in [-0.25, -0.2) is 4.79 Å². The van der Waals surface area contributed by atoms with Crippen LogP contribution in [0, 0.1) is 5.92 Å². The van der Waals surface area contributed by atoms with E-state index in [9.17, 15) is 9.59 Å². The number of amides is 2. The number of allylic oxidation sites excluding steroid dienone is 1. The largest absolute Gasteiger partial charge is 0.494 e. The van der Waals surface area contributed by atoms with Crippen LogP contribution in [0.15, 0.2) is 66.5 Å². The van der Waals surface area contributed by atoms with E-state index in [4.69, 9.17) is 18.9 Å². The third-order valence-electron chi connectivity index (χ3n) is 7.04. The summed E-state index contributed by atoms with van der Waals surface area (Å²) in [7, 11) is 5.02. The fourth-order valence-corrected chi connectivity index (χ4v) is 4.22. The molecule has 1 saturated heterocycles. The molecular formula is C33H51N3O6. The summed E-state index contributed by atoms with van der Waals surface area (Å²) in [6.45, 7) is 12.6. The molecule has 234 valence electrons. The van der Waals surface area contributed by atoms with Crippen molar-refractivity contribution < 1.29 is 28.5 Å². The Morgan fingerprint density at radius 2 is 1.81 bits per heavy atom. The summed E-state index contributed by atoms with van der Waals surface area (Å²) in [5.41, 5.74) is 1.56. The normalized spacial score (nSPS) is 16.6. The van der Waals surface area contributed by atoms with Crippen LogP contribution in [-0.2, 0) is 30.3 Å². The highest BCUT2D eigenvalue weighted by Gasteiger charge is 2.35. The minimum Gasteiger partial charge on any atom is -0.494 e. The predicted molar refractivity (Wildman–Crippen MR) is 166 cm³/mol. The molecule has 1 aliphatic carbocycles. The highest BCUT2D eigenvalue weighted by Crippen LogP contribution is 2.29. The minimum atomic E-state index is -0.150. The van der Waals surface area contributed by atoms with Gasteiger partial charge >= 0.3 is 6.09 Å². The van der Waals surface area contributed by atoms with Gasteiger partial charge in [0.1, 0.15) is 12.4 Å². The Morgan fingerprint density at radius 1 is 1.07 bits per heavy atom. The first-order valence-corrected chi connectivity index (χ1v) is 14.9. The summed E-state index contributed by atoms with van der Waals surface area (Å²) >= 11 is 0. The third-order valence-corrected chi connectivity index (χ3v) is 7.04. The van der Waals surface area contributed by atoms with E-state index in [0.29, 0.717) is 49.7 Å². The van der Waals surface area contributed by atoms with Gasteiger partial charge in [-0.3, -0.25) is 4.79 Å². The van der Waals surface area contributed by atoms with E-state index >= 15 is 0 Å². The Bertz CT molecular complexity index is 1000. The summed E-state index contributed by atoms with van der Waals surface area (Å²) in [5.74, 6) is 0.961. The van der Waals surface area contributed by atoms with Gasteiger partial charge in [-0.1, -0.05) is 49.1 Å². The second-order valence-corrected chi connectivity index (χ2v) is 10.9. The van der Waals surface area contributed by atoms with Gasteiger partial charge in [-0.15, -0.1) is 0 Å². The number of hydrogen-bond donors (Lipinski definition) is 1. The van der Waals surface area contributed by atoms with Crippen LogP contribution in [-0.4, -0.2) is 94.6 Å². The van der Waals surface area contributed by atoms with Gasteiger partial charge in [-0.05, 0) is 63.8 Å². The van der Waals surface area contributed by atoms with Gasteiger partial charge in [-0.2, -0.15) is 0 Å². The van der Waals surface area contributed by atoms with Crippen molar-refractivity contribution >= 4 is 12.0 Å². The zero-order chi connectivity index (χ0) is 30.7. The Hall–Kier alpha value is -3.14. The summed E-state index contributed by atoms with van der Waals surface area (Å²) < 4.78 is 20.9. The van der Waals surface area contributed by atoms with Crippen LogP contribution < -0.4 is 5.32 Å². The molecule has 1 unspecified atom stereocenters. The molecule has 0 aromatic heterocycles. The number of likely N-dealkylation sites (N-methyl/N-ethyl adjacent to an activating group) is 1. The smallest absolute Gasteiger partial charge is 0.410 e. The van der Waals surface area contributed by atoms with E-state index in [0.717, 1.165) is 50.9 Å². The van der Waals surface area contributed by atoms with Crippen LogP contribution in [0.4, 0.5) is 4.79 Å². The summed E-state index contributed by atoms with van der Waals surface area (Å²) in [4.78, 5) is 28.3. The number of hydrogen-bond acceptors (Lipinski definition) is 7. The van der Waals surface area contributed by atoms with Gasteiger partial charge in [0.15, 0.2) is 0 Å². The van der Waals surface area contributed by atoms with Crippen molar-refractivity contribution in [3.8, 4) is 0 Å². The molecule has 1 N–H and O–H groups in total. The molecule has 0 radical (unpaired) electrons. The lowest BCUT2D eigenvalue weighted by Gasteiger charge is -2.24. The highest BCUT2D eigenvalue weighted by atomic mass is 16.6. The molecule has 1 atom stereocenters. The van der Waals surface area contributed by atoms with Gasteiger partial charge in [0.2, 0.25) is 0 Å². The van der Waals surface area contributed by atoms with Crippen LogP contribution >= 0.6 is 0 Å². The van der Waals surface area contributed by atoms with E-state index in [-0.39, 0.29) is 18.0 Å². The number of nitrogens with one attached hydrogen (secondary N) is 1. The maximum Gasteiger partial charge on any atom is 0.410 e. The van der Waals surface area contributed by atoms with Crippen LogP contribution in [0.25, 0.3) is 0 Å². The van der Waals surface area contributed by atoms with Crippen molar-refractivity contribution in [1.82, 2.24) is 15.1 Å². The lowest BCUT2D eigenvalue weighted by Crippen LogP contribution is -2.38. The number of rotatable bonds is 16. The molecule has 2 amide bonds. The molecule has 2 fully saturated rings. The topological polar surface area (TPSA) is 89.6 Å². The monoisotopic (exact) mass is 585 g/mol. The van der Waals surface area contributed by atoms with Gasteiger partial charge < -0.3 is 34.1 Å². The fraction of sp³-hybridized carbons (Fsp3) is 0.576. The average molecular weight is 586 g/mol. The van der Waals surface area contributed by atoms with E-state index in [1.165, 1.54) is 0 Å². The lowest BCUT2D eigenvalue weighted by molar-refractivity contribution is -0.126. The highest BCUT2D eigenvalue weighted by molar-refractivity contribution is 5.96. The molecule has 1 aromatic rings. The van der Waals surface area contributed by atoms with E-state index in [2.05, 4.69) is 11.9 Å².